The molecule has 1 heterocycles. The summed E-state index contributed by atoms with van der Waals surface area (Å²) in [6, 6.07) is 86.8. The normalized spacial score (nSPS) is 15.5. The van der Waals surface area contributed by atoms with Gasteiger partial charge in [-0.05, 0) is 199 Å². The smallest absolute Gasteiger partial charge is 0.123 e. The van der Waals surface area contributed by atoms with Crippen LogP contribution in [0.25, 0.3) is 54.6 Å². The molecule has 0 fully saturated rings. The molecule has 0 amide bonds. The van der Waals surface area contributed by atoms with Gasteiger partial charge in [0.05, 0.1) is 10.8 Å². The lowest BCUT2D eigenvalue weighted by atomic mass is 9.67. The summed E-state index contributed by atoms with van der Waals surface area (Å²) in [7, 11) is 0. The van der Waals surface area contributed by atoms with E-state index in [1.165, 1.54) is 48.5 Å². The van der Waals surface area contributed by atoms with E-state index in [1.807, 2.05) is 60.7 Å². The molecule has 13 aromatic rings. The van der Waals surface area contributed by atoms with Crippen LogP contribution in [0.4, 0.5) is 51.7 Å². The van der Waals surface area contributed by atoms with Gasteiger partial charge in [0.15, 0.2) is 0 Å². The van der Waals surface area contributed by atoms with Crippen LogP contribution in [0, 0.1) is 23.3 Å². The Balaban J connectivity index is 0.883. The molecule has 2 nitrogen and oxygen atoms in total. The Kier molecular flexibility index (Phi) is 12.3. The van der Waals surface area contributed by atoms with Crippen LogP contribution in [0.3, 0.4) is 0 Å². The molecule has 7 heteroatoms. The molecule has 0 N–H and O–H groups in total. The van der Waals surface area contributed by atoms with Crippen molar-refractivity contribution in [2.24, 2.45) is 0 Å². The highest BCUT2D eigenvalue weighted by Gasteiger charge is 2.48. The summed E-state index contributed by atoms with van der Waals surface area (Å²) in [4.78, 5) is 4.35. The summed E-state index contributed by atoms with van der Waals surface area (Å²) in [5.74, 6) is -1.31. The molecule has 1 aromatic heterocycles. The first-order chi connectivity index (χ1) is 41.6. The summed E-state index contributed by atoms with van der Waals surface area (Å²) in [6.07, 6.45) is 3.67. The number of thiophene rings is 1. The van der Waals surface area contributed by atoms with Crippen molar-refractivity contribution in [2.75, 3.05) is 9.80 Å². The van der Waals surface area contributed by atoms with Gasteiger partial charge in [0.1, 0.15) is 23.3 Å². The molecule has 0 bridgehead atoms. The fraction of sp³-hybridized carbons (Fsp3) is 0.0256. The number of rotatable bonds is 12. The molecule has 12 aromatic carbocycles. The molecular weight excluding hydrogens is 1070 g/mol. The molecule has 0 spiro atoms. The molecule has 406 valence electrons. The van der Waals surface area contributed by atoms with E-state index in [-0.39, 0.29) is 23.3 Å². The Bertz CT molecular complexity index is 4480. The van der Waals surface area contributed by atoms with Gasteiger partial charge in [0, 0.05) is 54.3 Å². The molecule has 2 aliphatic carbocycles. The number of anilines is 6. The molecule has 85 heavy (non-hydrogen) atoms. The molecule has 0 saturated heterocycles. The predicted octanol–water partition coefficient (Wildman–Crippen LogP) is 21.6. The van der Waals surface area contributed by atoms with Crippen LogP contribution < -0.4 is 9.80 Å². The second-order valence-electron chi connectivity index (χ2n) is 21.8. The number of halogens is 4. The third-order valence-corrected chi connectivity index (χ3v) is 18.5. The van der Waals surface area contributed by atoms with Crippen molar-refractivity contribution in [3.05, 3.63) is 359 Å². The maximum Gasteiger partial charge on any atom is 0.123 e. The SMILES string of the molecule is C=Cc1ccc(C2(c3ccc(F)cc3)c3ccccc3-c3ccc(N(c4ccc(F)cc4)c4ccc5c(c4)sc4cc(N(c6ccc(F)cc6)c6ccc7c(c6)C(c6ccc(F)cc6)(c6ccc(C=C)cc6)c6ccccc6-7)ccc45)cc32)cc1. The average molecular weight is 1120 g/mol. The summed E-state index contributed by atoms with van der Waals surface area (Å²) in [5.41, 5.74) is 17.8. The van der Waals surface area contributed by atoms with E-state index in [0.29, 0.717) is 0 Å². The second-order valence-corrected chi connectivity index (χ2v) is 22.9. The van der Waals surface area contributed by atoms with Crippen molar-refractivity contribution in [1.29, 1.82) is 0 Å². The van der Waals surface area contributed by atoms with Crippen LogP contribution in [0.15, 0.2) is 280 Å². The largest absolute Gasteiger partial charge is 0.310 e. The van der Waals surface area contributed by atoms with Crippen molar-refractivity contribution in [3.8, 4) is 22.3 Å². The highest BCUT2D eigenvalue weighted by atomic mass is 32.1. The fourth-order valence-electron chi connectivity index (χ4n) is 13.6. The van der Waals surface area contributed by atoms with Crippen LogP contribution >= 0.6 is 11.3 Å². The Hall–Kier alpha value is -10.3. The lowest BCUT2D eigenvalue weighted by molar-refractivity contribution is 0.624. The van der Waals surface area contributed by atoms with E-state index in [2.05, 4.69) is 193 Å². The molecule has 2 aliphatic rings. The standard InChI is InChI=1S/C78H50F4N2S/c1-3-49-13-17-51(18-14-49)77(53-21-25-55(79)26-22-53)71-11-7-5-9-65(71)67-41-37-61(45-73(67)77)83(59-33-29-57(81)30-34-59)63-39-43-69-70-44-40-64(48-76(70)85-75(69)47-63)84(60-35-31-58(82)32-36-60)62-38-42-68-66-10-6-8-12-72(66)78(74(68)46-62,54-23-27-56(80)28-24-54)52-19-15-50(4-2)16-20-52/h3-48H,1-2H2. The van der Waals surface area contributed by atoms with Gasteiger partial charge in [-0.3, -0.25) is 0 Å². The Labute approximate surface area is 494 Å². The summed E-state index contributed by atoms with van der Waals surface area (Å²) >= 11 is 1.68. The van der Waals surface area contributed by atoms with E-state index in [9.17, 15) is 17.6 Å². The van der Waals surface area contributed by atoms with E-state index >= 15 is 0 Å². The third-order valence-electron chi connectivity index (χ3n) is 17.4. The van der Waals surface area contributed by atoms with Crippen LogP contribution in [0.2, 0.25) is 0 Å². The average Bonchev–Trinajstić information content (AvgIpc) is 1.71. The molecule has 15 rings (SSSR count). The van der Waals surface area contributed by atoms with Crippen LogP contribution in [-0.4, -0.2) is 0 Å². The monoisotopic (exact) mass is 1120 g/mol. The van der Waals surface area contributed by atoms with Gasteiger partial charge in [-0.2, -0.15) is 0 Å². The van der Waals surface area contributed by atoms with Gasteiger partial charge in [0.25, 0.3) is 0 Å². The first-order valence-electron chi connectivity index (χ1n) is 28.2. The van der Waals surface area contributed by atoms with Crippen molar-refractivity contribution in [3.63, 3.8) is 0 Å². The number of hydrogen-bond donors (Lipinski definition) is 0. The van der Waals surface area contributed by atoms with Crippen LogP contribution in [-0.2, 0) is 10.8 Å². The zero-order chi connectivity index (χ0) is 57.6. The Morgan fingerprint density at radius 3 is 0.953 bits per heavy atom. The minimum absolute atomic E-state index is 0.315. The highest BCUT2D eigenvalue weighted by Crippen LogP contribution is 2.59. The highest BCUT2D eigenvalue weighted by molar-refractivity contribution is 7.25. The third kappa shape index (κ3) is 8.13. The maximum absolute atomic E-state index is 14.9. The topological polar surface area (TPSA) is 6.48 Å². The first-order valence-corrected chi connectivity index (χ1v) is 29.0. The number of fused-ring (bicyclic) bond motifs is 9. The number of hydrogen-bond acceptors (Lipinski definition) is 3. The zero-order valence-corrected chi connectivity index (χ0v) is 46.6. The van der Waals surface area contributed by atoms with Gasteiger partial charge in [-0.25, -0.2) is 17.6 Å². The Morgan fingerprint density at radius 2 is 0.588 bits per heavy atom. The van der Waals surface area contributed by atoms with Crippen molar-refractivity contribution in [2.45, 2.75) is 10.8 Å². The first kappa shape index (κ1) is 51.5. The maximum atomic E-state index is 14.9. The van der Waals surface area contributed by atoms with Crippen molar-refractivity contribution in [1.82, 2.24) is 0 Å². The molecule has 0 saturated carbocycles. The van der Waals surface area contributed by atoms with E-state index in [4.69, 9.17) is 0 Å². The number of benzene rings is 12. The lowest BCUT2D eigenvalue weighted by Crippen LogP contribution is -2.29. The molecule has 2 unspecified atom stereocenters. The number of nitrogens with zero attached hydrogens (tertiary/aromatic N) is 2. The fourth-order valence-corrected chi connectivity index (χ4v) is 14.8. The zero-order valence-electron chi connectivity index (χ0n) is 45.8. The van der Waals surface area contributed by atoms with E-state index < -0.39 is 10.8 Å². The van der Waals surface area contributed by atoms with Crippen LogP contribution in [0.5, 0.6) is 0 Å². The predicted molar refractivity (Wildman–Crippen MR) is 343 cm³/mol. The summed E-state index contributed by atoms with van der Waals surface area (Å²) in [6.45, 7) is 8.05. The van der Waals surface area contributed by atoms with Gasteiger partial charge < -0.3 is 9.80 Å². The summed E-state index contributed by atoms with van der Waals surface area (Å²) in [5, 5.41) is 2.15. The molecule has 0 radical (unpaired) electrons. The quantitative estimate of drug-likeness (QED) is 0.113. The lowest BCUT2D eigenvalue weighted by Gasteiger charge is -2.35. The van der Waals surface area contributed by atoms with Gasteiger partial charge in [-0.15, -0.1) is 11.3 Å². The van der Waals surface area contributed by atoms with Crippen molar-refractivity contribution < 1.29 is 17.6 Å². The van der Waals surface area contributed by atoms with Crippen LogP contribution in [0.1, 0.15) is 55.6 Å². The minimum atomic E-state index is -0.826. The second kappa shape index (κ2) is 20.2. The van der Waals surface area contributed by atoms with E-state index in [1.54, 1.807) is 11.3 Å². The molecular formula is C78H50F4N2S. The molecule has 2 atom stereocenters. The van der Waals surface area contributed by atoms with Gasteiger partial charge in [0.2, 0.25) is 0 Å². The summed E-state index contributed by atoms with van der Waals surface area (Å²) < 4.78 is 61.8. The van der Waals surface area contributed by atoms with Gasteiger partial charge >= 0.3 is 0 Å². The molecule has 0 aliphatic heterocycles. The van der Waals surface area contributed by atoms with Crippen molar-refractivity contribution >= 4 is 77.8 Å². The van der Waals surface area contributed by atoms with E-state index in [0.717, 1.165) is 132 Å². The van der Waals surface area contributed by atoms with Gasteiger partial charge in [-0.1, -0.05) is 171 Å². The Morgan fingerprint density at radius 1 is 0.294 bits per heavy atom. The minimum Gasteiger partial charge on any atom is -0.310 e.